The third kappa shape index (κ3) is 13.9. The highest BCUT2D eigenvalue weighted by Gasteiger charge is 2.06. The van der Waals surface area contributed by atoms with Crippen molar-refractivity contribution in [1.82, 2.24) is 9.80 Å². The average Bonchev–Trinajstić information content (AvgIpc) is 2.87. The summed E-state index contributed by atoms with van der Waals surface area (Å²) in [6.45, 7) is 4.60. The van der Waals surface area contributed by atoms with Crippen LogP contribution in [0.3, 0.4) is 0 Å². The van der Waals surface area contributed by atoms with Crippen LogP contribution < -0.4 is 0 Å². The molecule has 0 unspecified atom stereocenters. The Morgan fingerprint density at radius 2 is 1.43 bits per heavy atom. The molecule has 0 saturated carbocycles. The van der Waals surface area contributed by atoms with Crippen LogP contribution in [0.15, 0.2) is 12.4 Å². The molecule has 4 heteroatoms. The predicted molar refractivity (Wildman–Crippen MR) is 94.9 cm³/mol. The smallest absolute Gasteiger partial charge is 0.130 e. The monoisotopic (exact) mass is 311 g/mol. The van der Waals surface area contributed by atoms with Crippen molar-refractivity contribution >= 4 is 12.6 Å². The number of nitriles is 1. The number of unbranched alkanes of at least 4 members (excludes halogenated alkanes) is 9. The lowest BCUT2D eigenvalue weighted by Crippen LogP contribution is -2.23. The predicted octanol–water partition coefficient (Wildman–Crippen LogP) is 4.98. The molecule has 0 bridgehead atoms. The molecule has 1 rings (SSSR count). The number of hydrogen-bond donors (Lipinski definition) is 1. The van der Waals surface area contributed by atoms with Crippen LogP contribution in [0.2, 0.25) is 0 Å². The summed E-state index contributed by atoms with van der Waals surface area (Å²) in [4.78, 5) is 4.64. The molecule has 0 N–H and O–H groups in total. The molecule has 21 heavy (non-hydrogen) atoms. The molecule has 0 aromatic carbocycles. The Morgan fingerprint density at radius 3 is 1.86 bits per heavy atom. The van der Waals surface area contributed by atoms with Crippen molar-refractivity contribution in [2.45, 2.75) is 71.1 Å². The van der Waals surface area contributed by atoms with Gasteiger partial charge in [-0.1, -0.05) is 77.3 Å². The molecular weight excluding hydrogens is 278 g/mol. The van der Waals surface area contributed by atoms with Crippen molar-refractivity contribution in [1.29, 1.82) is 5.26 Å². The molecule has 1 aliphatic heterocycles. The largest absolute Gasteiger partial charge is 0.362 e. The highest BCUT2D eigenvalue weighted by atomic mass is 32.1. The zero-order valence-corrected chi connectivity index (χ0v) is 14.8. The lowest BCUT2D eigenvalue weighted by molar-refractivity contribution is 0.290. The van der Waals surface area contributed by atoms with E-state index in [0.29, 0.717) is 0 Å². The van der Waals surface area contributed by atoms with Crippen molar-refractivity contribution < 1.29 is 0 Å². The van der Waals surface area contributed by atoms with Crippen LogP contribution in [0.5, 0.6) is 0 Å². The maximum atomic E-state index is 7.18. The normalized spacial score (nSPS) is 13.0. The van der Waals surface area contributed by atoms with Gasteiger partial charge in [-0.05, 0) is 6.42 Å². The molecule has 0 aromatic rings. The summed E-state index contributed by atoms with van der Waals surface area (Å²) >= 11 is 3.09. The molecule has 0 saturated heterocycles. The van der Waals surface area contributed by atoms with Gasteiger partial charge in [0.15, 0.2) is 0 Å². The molecule has 0 aromatic heterocycles. The number of hydrogen-bond acceptors (Lipinski definition) is 4. The summed E-state index contributed by atoms with van der Waals surface area (Å²) in [5.41, 5.74) is 0. The topological polar surface area (TPSA) is 30.3 Å². The van der Waals surface area contributed by atoms with Crippen LogP contribution in [0.4, 0.5) is 0 Å². The molecule has 1 heterocycles. The Morgan fingerprint density at radius 1 is 0.952 bits per heavy atom. The molecule has 0 amide bonds. The fraction of sp³-hybridized carbons (Fsp3) is 0.824. The number of thiol groups is 1. The first-order valence-electron chi connectivity index (χ1n) is 8.40. The molecule has 0 spiro atoms. The minimum absolute atomic E-state index is 1.08. The zero-order chi connectivity index (χ0) is 15.8. The fourth-order valence-corrected chi connectivity index (χ4v) is 2.54. The van der Waals surface area contributed by atoms with Crippen LogP contribution in [0.1, 0.15) is 71.1 Å². The number of rotatable bonds is 11. The van der Waals surface area contributed by atoms with Crippen molar-refractivity contribution in [2.24, 2.45) is 0 Å². The summed E-state index contributed by atoms with van der Waals surface area (Å²) in [6.07, 6.45) is 18.6. The van der Waals surface area contributed by atoms with Crippen molar-refractivity contribution in [3.8, 4) is 5.40 Å². The molecule has 0 atom stereocenters. The second kappa shape index (κ2) is 15.6. The molecule has 0 fully saturated rings. The molecule has 122 valence electrons. The SMILES string of the molecule is CCCCCCCCCCCCN1C=CN(C)C1.N#CS. The van der Waals surface area contributed by atoms with E-state index in [9.17, 15) is 0 Å². The lowest BCUT2D eigenvalue weighted by Gasteiger charge is -2.17. The summed E-state index contributed by atoms with van der Waals surface area (Å²) in [7, 11) is 2.13. The Hall–Kier alpha value is -0.820. The molecular formula is C17H33N3S. The van der Waals surface area contributed by atoms with E-state index in [0.717, 1.165) is 6.67 Å². The fourth-order valence-electron chi connectivity index (χ4n) is 2.54. The van der Waals surface area contributed by atoms with Crippen molar-refractivity contribution in [3.63, 3.8) is 0 Å². The van der Waals surface area contributed by atoms with Crippen LogP contribution in [-0.4, -0.2) is 30.1 Å². The van der Waals surface area contributed by atoms with Gasteiger partial charge in [-0.15, -0.1) is 0 Å². The van der Waals surface area contributed by atoms with E-state index in [1.807, 2.05) is 0 Å². The first-order chi connectivity index (χ1) is 10.2. The van der Waals surface area contributed by atoms with E-state index in [-0.39, 0.29) is 0 Å². The summed E-state index contributed by atoms with van der Waals surface area (Å²) in [5, 5.41) is 8.63. The molecule has 0 aliphatic carbocycles. The van der Waals surface area contributed by atoms with E-state index in [1.54, 1.807) is 0 Å². The van der Waals surface area contributed by atoms with E-state index in [4.69, 9.17) is 5.26 Å². The van der Waals surface area contributed by atoms with Crippen LogP contribution in [0.25, 0.3) is 0 Å². The maximum Gasteiger partial charge on any atom is 0.130 e. The van der Waals surface area contributed by atoms with E-state index in [1.165, 1.54) is 76.2 Å². The Bertz CT molecular complexity index is 286. The van der Waals surface area contributed by atoms with Gasteiger partial charge >= 0.3 is 0 Å². The van der Waals surface area contributed by atoms with Gasteiger partial charge in [-0.25, -0.2) is 0 Å². The first kappa shape index (κ1) is 20.2. The van der Waals surface area contributed by atoms with E-state index >= 15 is 0 Å². The van der Waals surface area contributed by atoms with Gasteiger partial charge in [-0.3, -0.25) is 0 Å². The highest BCUT2D eigenvalue weighted by molar-refractivity contribution is 7.85. The van der Waals surface area contributed by atoms with Gasteiger partial charge in [-0.2, -0.15) is 5.26 Å². The summed E-state index contributed by atoms with van der Waals surface area (Å²) in [5.74, 6) is 0. The van der Waals surface area contributed by atoms with Crippen molar-refractivity contribution in [2.75, 3.05) is 20.3 Å². The van der Waals surface area contributed by atoms with Crippen molar-refractivity contribution in [3.05, 3.63) is 12.4 Å². The Balaban J connectivity index is 0.00000122. The minimum atomic E-state index is 1.08. The van der Waals surface area contributed by atoms with Gasteiger partial charge in [0, 0.05) is 26.0 Å². The standard InChI is InChI=1S/C16H32N2.CHNS/c1-3-4-5-6-7-8-9-10-11-12-13-18-15-14-17(2)16-18;2-1-3/h14-15H,3-13,16H2,1-2H3;3H. The highest BCUT2D eigenvalue weighted by Crippen LogP contribution is 2.11. The van der Waals surface area contributed by atoms with Crippen LogP contribution in [-0.2, 0) is 0 Å². The molecule has 3 nitrogen and oxygen atoms in total. The number of thiocyanates is 1. The zero-order valence-electron chi connectivity index (χ0n) is 13.9. The minimum Gasteiger partial charge on any atom is -0.362 e. The summed E-state index contributed by atoms with van der Waals surface area (Å²) in [6, 6.07) is 0. The van der Waals surface area contributed by atoms with Gasteiger partial charge in [0.1, 0.15) is 5.40 Å². The van der Waals surface area contributed by atoms with E-state index in [2.05, 4.69) is 48.8 Å². The second-order valence-electron chi connectivity index (χ2n) is 5.79. The second-order valence-corrected chi connectivity index (χ2v) is 5.99. The van der Waals surface area contributed by atoms with Gasteiger partial charge < -0.3 is 9.80 Å². The van der Waals surface area contributed by atoms with Gasteiger partial charge in [0.2, 0.25) is 0 Å². The third-order valence-electron chi connectivity index (χ3n) is 3.74. The van der Waals surface area contributed by atoms with Gasteiger partial charge in [0.25, 0.3) is 0 Å². The maximum absolute atomic E-state index is 7.18. The van der Waals surface area contributed by atoms with Crippen LogP contribution in [0, 0.1) is 10.7 Å². The average molecular weight is 312 g/mol. The molecule has 1 aliphatic rings. The lowest BCUT2D eigenvalue weighted by atomic mass is 10.1. The van der Waals surface area contributed by atoms with E-state index < -0.39 is 0 Å². The first-order valence-corrected chi connectivity index (χ1v) is 8.85. The Kier molecular flexibility index (Phi) is 15.0. The molecule has 0 radical (unpaired) electrons. The number of nitrogens with zero attached hydrogens (tertiary/aromatic N) is 3. The quantitative estimate of drug-likeness (QED) is 0.331. The summed E-state index contributed by atoms with van der Waals surface area (Å²) < 4.78 is 0. The Labute approximate surface area is 137 Å². The third-order valence-corrected chi connectivity index (χ3v) is 3.74. The van der Waals surface area contributed by atoms with Gasteiger partial charge in [0.05, 0.1) is 6.67 Å². The van der Waals surface area contributed by atoms with Crippen LogP contribution >= 0.6 is 12.6 Å².